The second-order valence-electron chi connectivity index (χ2n) is 10.6. The van der Waals surface area contributed by atoms with Crippen molar-refractivity contribution in [2.75, 3.05) is 19.8 Å². The number of esters is 1. The summed E-state index contributed by atoms with van der Waals surface area (Å²) in [6.45, 7) is 1.78. The highest BCUT2D eigenvalue weighted by atomic mass is 17.1. The lowest BCUT2D eigenvalue weighted by molar-refractivity contribution is -0.234. The molecule has 3 N–H and O–H groups in total. The molecule has 1 rings (SSSR count). The zero-order valence-electron chi connectivity index (χ0n) is 24.5. The molecule has 9 heteroatoms. The van der Waals surface area contributed by atoms with Crippen LogP contribution in [-0.2, 0) is 24.0 Å². The molecule has 0 aliphatic heterocycles. The molecule has 0 aliphatic rings. The van der Waals surface area contributed by atoms with Gasteiger partial charge in [-0.15, -0.1) is 0 Å². The monoisotopic (exact) mass is 560 g/mol. The summed E-state index contributed by atoms with van der Waals surface area (Å²) in [5.74, 6) is -1.74. The number of hydrogen-bond donors (Lipinski definition) is 3. The van der Waals surface area contributed by atoms with Crippen LogP contribution in [0, 0.1) is 0 Å². The summed E-state index contributed by atoms with van der Waals surface area (Å²) in [6.07, 6.45) is 17.7. The highest BCUT2D eigenvalue weighted by Gasteiger charge is 2.21. The van der Waals surface area contributed by atoms with Gasteiger partial charge in [0, 0.05) is 25.6 Å². The second kappa shape index (κ2) is 24.6. The molecule has 0 aromatic heterocycles. The Labute approximate surface area is 241 Å². The van der Waals surface area contributed by atoms with Crippen LogP contribution in [0.2, 0.25) is 5.82 Å². The third kappa shape index (κ3) is 19.0. The Morgan fingerprint density at radius 1 is 0.825 bits per heavy atom. The third-order valence-corrected chi connectivity index (χ3v) is 7.05. The molecule has 1 radical (unpaired) electrons. The van der Waals surface area contributed by atoms with E-state index < -0.39 is 17.8 Å². The maximum atomic E-state index is 12.4. The largest absolute Gasteiger partial charge is 0.466 e. The Hall–Kier alpha value is -2.23. The molecule has 225 valence electrons. The summed E-state index contributed by atoms with van der Waals surface area (Å²) in [4.78, 5) is 39.8. The van der Waals surface area contributed by atoms with E-state index in [2.05, 4.69) is 17.1 Å². The van der Waals surface area contributed by atoms with E-state index in [1.165, 1.54) is 77.9 Å². The molecule has 1 aromatic carbocycles. The first-order chi connectivity index (χ1) is 19.5. The summed E-state index contributed by atoms with van der Waals surface area (Å²) in [5.41, 5.74) is 0.456. The van der Waals surface area contributed by atoms with Crippen LogP contribution in [0.25, 0.3) is 0 Å². The number of aliphatic hydroxyl groups excluding tert-OH is 1. The summed E-state index contributed by atoms with van der Waals surface area (Å²) >= 11 is 0. The topological polar surface area (TPSA) is 122 Å². The normalized spacial score (nSPS) is 12.5. The Balaban J connectivity index is 2.13. The van der Waals surface area contributed by atoms with Gasteiger partial charge in [-0.1, -0.05) is 121 Å². The van der Waals surface area contributed by atoms with Gasteiger partial charge in [0.05, 0.1) is 18.7 Å². The van der Waals surface area contributed by atoms with Crippen LogP contribution in [0.3, 0.4) is 0 Å². The van der Waals surface area contributed by atoms with Gasteiger partial charge in [-0.3, -0.25) is 4.79 Å². The van der Waals surface area contributed by atoms with Crippen LogP contribution >= 0.6 is 0 Å². The molecule has 40 heavy (non-hydrogen) atoms. The van der Waals surface area contributed by atoms with Crippen molar-refractivity contribution < 1.29 is 34.4 Å². The van der Waals surface area contributed by atoms with Crippen molar-refractivity contribution in [1.29, 1.82) is 0 Å². The number of carbonyl (C=O) groups is 3. The molecule has 0 saturated carbocycles. The maximum absolute atomic E-state index is 12.4. The number of nitrogens with one attached hydrogen (secondary N) is 1. The van der Waals surface area contributed by atoms with Gasteiger partial charge in [0.25, 0.3) is 0 Å². The maximum Gasteiger partial charge on any atom is 0.343 e. The van der Waals surface area contributed by atoms with Gasteiger partial charge in [0.2, 0.25) is 7.28 Å². The highest BCUT2D eigenvalue weighted by molar-refractivity contribution is 6.75. The fourth-order valence-electron chi connectivity index (χ4n) is 4.63. The number of benzene rings is 1. The van der Waals surface area contributed by atoms with Crippen LogP contribution in [0.5, 0.6) is 0 Å². The van der Waals surface area contributed by atoms with E-state index in [0.29, 0.717) is 6.42 Å². The molecular formula is C31H51BNO7. The van der Waals surface area contributed by atoms with E-state index in [9.17, 15) is 19.5 Å². The lowest BCUT2D eigenvalue weighted by Gasteiger charge is -2.18. The molecule has 2 unspecified atom stereocenters. The van der Waals surface area contributed by atoms with Gasteiger partial charge < -0.3 is 24.8 Å². The zero-order valence-corrected chi connectivity index (χ0v) is 24.5. The van der Waals surface area contributed by atoms with Gasteiger partial charge in [-0.05, 0) is 17.8 Å². The lowest BCUT2D eigenvalue weighted by atomic mass is 9.61. The van der Waals surface area contributed by atoms with Gasteiger partial charge in [0.1, 0.15) is 0 Å². The first-order valence-corrected chi connectivity index (χ1v) is 15.3. The van der Waals surface area contributed by atoms with E-state index in [1.54, 1.807) is 24.3 Å². The number of hydrogen-bond acceptors (Lipinski definition) is 8. The first-order valence-electron chi connectivity index (χ1n) is 15.3. The molecule has 2 atom stereocenters. The number of unbranched alkanes of at least 4 members (excludes halogenated alkanes) is 13. The number of rotatable bonds is 26. The van der Waals surface area contributed by atoms with Crippen molar-refractivity contribution >= 4 is 24.9 Å². The van der Waals surface area contributed by atoms with E-state index in [4.69, 9.17) is 9.99 Å². The Morgan fingerprint density at radius 2 is 1.38 bits per heavy atom. The highest BCUT2D eigenvalue weighted by Crippen LogP contribution is 2.17. The summed E-state index contributed by atoms with van der Waals surface area (Å²) in [6, 6.07) is 8.49. The zero-order chi connectivity index (χ0) is 29.3. The average molecular weight is 561 g/mol. The molecule has 0 aliphatic carbocycles. The number of aliphatic hydroxyl groups is 1. The molecule has 1 aromatic rings. The van der Waals surface area contributed by atoms with Crippen molar-refractivity contribution in [3.05, 3.63) is 35.9 Å². The molecular weight excluding hydrogens is 509 g/mol. The van der Waals surface area contributed by atoms with E-state index in [-0.39, 0.29) is 37.8 Å². The van der Waals surface area contributed by atoms with Gasteiger partial charge in [-0.25, -0.2) is 4.79 Å². The number of carbonyl (C=O) groups excluding carboxylic acids is 3. The molecule has 0 spiro atoms. The van der Waals surface area contributed by atoms with Crippen LogP contribution in [0.1, 0.15) is 121 Å². The van der Waals surface area contributed by atoms with E-state index in [1.807, 2.05) is 6.07 Å². The smallest absolute Gasteiger partial charge is 0.343 e. The summed E-state index contributed by atoms with van der Waals surface area (Å²) in [5, 5.41) is 21.2. The first kappa shape index (κ1) is 35.8. The second-order valence-corrected chi connectivity index (χ2v) is 10.6. The quantitative estimate of drug-likeness (QED) is 0.0406. The minimum atomic E-state index is -0.822. The van der Waals surface area contributed by atoms with Crippen LogP contribution in [0.15, 0.2) is 30.3 Å². The van der Waals surface area contributed by atoms with Gasteiger partial charge in [0.15, 0.2) is 0 Å². The van der Waals surface area contributed by atoms with Crippen molar-refractivity contribution in [1.82, 2.24) is 5.32 Å². The fourth-order valence-corrected chi connectivity index (χ4v) is 4.63. The summed E-state index contributed by atoms with van der Waals surface area (Å²) < 4.78 is 5.28. The minimum absolute atomic E-state index is 0.0569. The molecule has 0 amide bonds. The van der Waals surface area contributed by atoms with E-state index in [0.717, 1.165) is 24.8 Å². The Bertz CT molecular complexity index is 793. The Kier molecular flexibility index (Phi) is 22.0. The standard InChI is InChI=1S/C31H51BNO7/c1-2-3-4-5-6-7-8-9-10-11-12-13-14-18-21-30(36)39-25-27(24-34)32-29(35)23-33-28(22-31(37)40-38)26-19-16-15-17-20-26/h15-17,19-20,27-28,33-34,38H,2-14,18,21-25H2,1H3. The minimum Gasteiger partial charge on any atom is -0.466 e. The number of ether oxygens (including phenoxy) is 1. The van der Waals surface area contributed by atoms with E-state index >= 15 is 0 Å². The fraction of sp³-hybridized carbons (Fsp3) is 0.710. The SMILES string of the molecule is CCCCCCCCCCCCCCCCC(=O)OCC([B]C(=O)CNC(CC(=O)OO)c1ccccc1)CO. The summed E-state index contributed by atoms with van der Waals surface area (Å²) in [7, 11) is 1.33. The van der Waals surface area contributed by atoms with Crippen LogP contribution in [0.4, 0.5) is 0 Å². The Morgan fingerprint density at radius 3 is 1.90 bits per heavy atom. The van der Waals surface area contributed by atoms with Gasteiger partial charge in [-0.2, -0.15) is 5.26 Å². The van der Waals surface area contributed by atoms with Gasteiger partial charge >= 0.3 is 11.9 Å². The lowest BCUT2D eigenvalue weighted by Crippen LogP contribution is -2.34. The van der Waals surface area contributed by atoms with Crippen molar-refractivity contribution in [3.63, 3.8) is 0 Å². The molecule has 0 saturated heterocycles. The van der Waals surface area contributed by atoms with Crippen LogP contribution < -0.4 is 5.32 Å². The molecule has 8 nitrogen and oxygen atoms in total. The van der Waals surface area contributed by atoms with Crippen molar-refractivity contribution in [3.8, 4) is 0 Å². The molecule has 0 heterocycles. The third-order valence-electron chi connectivity index (χ3n) is 7.05. The van der Waals surface area contributed by atoms with Crippen LogP contribution in [-0.4, -0.2) is 55.0 Å². The molecule has 0 fully saturated rings. The predicted molar refractivity (Wildman–Crippen MR) is 158 cm³/mol. The predicted octanol–water partition coefficient (Wildman–Crippen LogP) is 6.15. The molecule has 0 bridgehead atoms. The van der Waals surface area contributed by atoms with Crippen molar-refractivity contribution in [2.45, 2.75) is 122 Å². The van der Waals surface area contributed by atoms with Crippen molar-refractivity contribution in [2.24, 2.45) is 0 Å². The average Bonchev–Trinajstić information content (AvgIpc) is 2.97.